The molecule has 0 saturated heterocycles. The van der Waals surface area contributed by atoms with E-state index in [4.69, 9.17) is 4.74 Å². The maximum absolute atomic E-state index is 13.0. The Bertz CT molecular complexity index is 869. The quantitative estimate of drug-likeness (QED) is 0.557. The summed E-state index contributed by atoms with van der Waals surface area (Å²) < 4.78 is 5.36. The molecule has 5 nitrogen and oxygen atoms in total. The second-order valence-electron chi connectivity index (χ2n) is 6.48. The highest BCUT2D eigenvalue weighted by Crippen LogP contribution is 2.40. The third-order valence-electron chi connectivity index (χ3n) is 4.63. The van der Waals surface area contributed by atoms with E-state index in [9.17, 15) is 20.1 Å². The Kier molecular flexibility index (Phi) is 5.84. The Morgan fingerprint density at radius 3 is 1.43 bits per heavy atom. The van der Waals surface area contributed by atoms with Crippen molar-refractivity contribution in [2.24, 2.45) is 0 Å². The van der Waals surface area contributed by atoms with E-state index < -0.39 is 11.8 Å². The first kappa shape index (κ1) is 19.3. The molecule has 0 fully saturated rings. The van der Waals surface area contributed by atoms with E-state index in [2.05, 4.69) is 0 Å². The first-order valence-electron chi connectivity index (χ1n) is 9.03. The third kappa shape index (κ3) is 4.26. The lowest BCUT2D eigenvalue weighted by Gasteiger charge is -2.27. The lowest BCUT2D eigenvalue weighted by atomic mass is 9.77. The maximum atomic E-state index is 13.0. The van der Waals surface area contributed by atoms with Gasteiger partial charge in [-0.3, -0.25) is 4.79 Å². The van der Waals surface area contributed by atoms with Crippen LogP contribution in [0.4, 0.5) is 0 Å². The number of phenolic OH excluding ortho intramolecular Hbond substituents is 3. The molecule has 3 aromatic carbocycles. The van der Waals surface area contributed by atoms with Gasteiger partial charge in [0.05, 0.1) is 12.5 Å². The second-order valence-corrected chi connectivity index (χ2v) is 6.48. The number of rotatable bonds is 6. The number of esters is 1. The maximum Gasteiger partial charge on any atom is 0.314 e. The van der Waals surface area contributed by atoms with Gasteiger partial charge in [-0.25, -0.2) is 0 Å². The summed E-state index contributed by atoms with van der Waals surface area (Å²) in [5.74, 6) is -1.10. The molecule has 0 aliphatic carbocycles. The minimum Gasteiger partial charge on any atom is -0.508 e. The smallest absolute Gasteiger partial charge is 0.314 e. The van der Waals surface area contributed by atoms with Crippen molar-refractivity contribution < 1.29 is 24.9 Å². The Hall–Kier alpha value is -3.47. The highest BCUT2D eigenvalue weighted by atomic mass is 16.5. The van der Waals surface area contributed by atoms with Crippen LogP contribution in [0.25, 0.3) is 0 Å². The van der Waals surface area contributed by atoms with Crippen LogP contribution in [0.2, 0.25) is 0 Å². The zero-order valence-corrected chi connectivity index (χ0v) is 15.4. The number of carbonyl (C=O) groups is 1. The van der Waals surface area contributed by atoms with Gasteiger partial charge in [-0.2, -0.15) is 0 Å². The van der Waals surface area contributed by atoms with Crippen LogP contribution < -0.4 is 0 Å². The molecule has 3 N–H and O–H groups in total. The molecule has 5 heteroatoms. The van der Waals surface area contributed by atoms with E-state index in [1.807, 2.05) is 0 Å². The van der Waals surface area contributed by atoms with Crippen LogP contribution in [-0.2, 0) is 9.53 Å². The third-order valence-corrected chi connectivity index (χ3v) is 4.63. The average Bonchev–Trinajstić information content (AvgIpc) is 2.69. The van der Waals surface area contributed by atoms with Crippen LogP contribution in [0, 0.1) is 0 Å². The van der Waals surface area contributed by atoms with Crippen molar-refractivity contribution in [1.29, 1.82) is 0 Å². The van der Waals surface area contributed by atoms with Gasteiger partial charge < -0.3 is 20.1 Å². The van der Waals surface area contributed by atoms with Crippen molar-refractivity contribution in [3.8, 4) is 17.2 Å². The molecule has 0 heterocycles. The van der Waals surface area contributed by atoms with E-state index in [1.54, 1.807) is 67.6 Å². The predicted molar refractivity (Wildman–Crippen MR) is 106 cm³/mol. The summed E-state index contributed by atoms with van der Waals surface area (Å²) in [5, 5.41) is 29.0. The van der Waals surface area contributed by atoms with Crippen LogP contribution in [0.5, 0.6) is 17.2 Å². The van der Waals surface area contributed by atoms with E-state index in [1.165, 1.54) is 12.1 Å². The summed E-state index contributed by atoms with van der Waals surface area (Å²) in [6.45, 7) is 1.99. The minimum absolute atomic E-state index is 0.108. The van der Waals surface area contributed by atoms with Gasteiger partial charge in [0, 0.05) is 5.92 Å². The van der Waals surface area contributed by atoms with Gasteiger partial charge in [0.25, 0.3) is 0 Å². The topological polar surface area (TPSA) is 87.0 Å². The Balaban J connectivity index is 2.17. The van der Waals surface area contributed by atoms with Gasteiger partial charge in [-0.15, -0.1) is 0 Å². The summed E-state index contributed by atoms with van der Waals surface area (Å²) in [4.78, 5) is 13.0. The van der Waals surface area contributed by atoms with Crippen LogP contribution in [-0.4, -0.2) is 27.9 Å². The number of benzene rings is 3. The molecule has 0 amide bonds. The van der Waals surface area contributed by atoms with E-state index in [-0.39, 0.29) is 29.8 Å². The van der Waals surface area contributed by atoms with Crippen molar-refractivity contribution in [2.75, 3.05) is 6.61 Å². The molecular formula is C23H22O5. The van der Waals surface area contributed by atoms with Crippen LogP contribution in [0.15, 0.2) is 72.8 Å². The number of carbonyl (C=O) groups excluding carboxylic acids is 1. The van der Waals surface area contributed by atoms with Gasteiger partial charge in [-0.1, -0.05) is 36.4 Å². The fraction of sp³-hybridized carbons (Fsp3) is 0.174. The summed E-state index contributed by atoms with van der Waals surface area (Å²) in [6.07, 6.45) is 0. The Morgan fingerprint density at radius 2 is 1.07 bits per heavy atom. The molecule has 0 aromatic heterocycles. The molecule has 0 aliphatic heterocycles. The molecule has 0 aliphatic rings. The first-order chi connectivity index (χ1) is 13.5. The standard InChI is InChI=1S/C23H22O5/c1-2-28-23(27)22(17-7-13-20(26)14-8-17)21(15-3-9-18(24)10-4-15)16-5-11-19(25)12-6-16/h3-14,21-22,24-26H,2H2,1H3. The zero-order chi connectivity index (χ0) is 20.1. The molecule has 0 radical (unpaired) electrons. The van der Waals surface area contributed by atoms with Crippen LogP contribution >= 0.6 is 0 Å². The van der Waals surface area contributed by atoms with Crippen LogP contribution in [0.3, 0.4) is 0 Å². The van der Waals surface area contributed by atoms with E-state index in [0.29, 0.717) is 5.56 Å². The average molecular weight is 378 g/mol. The van der Waals surface area contributed by atoms with Gasteiger partial charge >= 0.3 is 5.97 Å². The molecule has 0 bridgehead atoms. The van der Waals surface area contributed by atoms with Gasteiger partial charge in [0.2, 0.25) is 0 Å². The fourth-order valence-corrected chi connectivity index (χ4v) is 3.32. The Labute approximate surface area is 163 Å². The molecule has 0 spiro atoms. The highest BCUT2D eigenvalue weighted by molar-refractivity contribution is 5.80. The van der Waals surface area contributed by atoms with Crippen molar-refractivity contribution in [2.45, 2.75) is 18.8 Å². The largest absolute Gasteiger partial charge is 0.508 e. The van der Waals surface area contributed by atoms with Crippen molar-refractivity contribution in [1.82, 2.24) is 0 Å². The van der Waals surface area contributed by atoms with Crippen molar-refractivity contribution in [3.05, 3.63) is 89.5 Å². The summed E-state index contributed by atoms with van der Waals surface area (Å²) in [5.41, 5.74) is 2.33. The molecule has 1 atom stereocenters. The van der Waals surface area contributed by atoms with Gasteiger partial charge in [0.1, 0.15) is 17.2 Å². The zero-order valence-electron chi connectivity index (χ0n) is 15.4. The number of hydrogen-bond acceptors (Lipinski definition) is 5. The summed E-state index contributed by atoms with van der Waals surface area (Å²) >= 11 is 0. The number of hydrogen-bond donors (Lipinski definition) is 3. The predicted octanol–water partition coefficient (Wildman–Crippen LogP) is 4.28. The number of ether oxygens (including phenoxy) is 1. The number of aromatic hydroxyl groups is 3. The Morgan fingerprint density at radius 1 is 0.714 bits per heavy atom. The van der Waals surface area contributed by atoms with E-state index in [0.717, 1.165) is 11.1 Å². The molecule has 28 heavy (non-hydrogen) atoms. The molecular weight excluding hydrogens is 356 g/mol. The lowest BCUT2D eigenvalue weighted by molar-refractivity contribution is -0.145. The van der Waals surface area contributed by atoms with Gasteiger partial charge in [-0.05, 0) is 60.0 Å². The van der Waals surface area contributed by atoms with Crippen LogP contribution in [0.1, 0.15) is 35.4 Å². The highest BCUT2D eigenvalue weighted by Gasteiger charge is 2.33. The molecule has 1 unspecified atom stereocenters. The molecule has 3 aromatic rings. The first-order valence-corrected chi connectivity index (χ1v) is 9.03. The number of phenols is 3. The molecule has 144 valence electrons. The lowest BCUT2D eigenvalue weighted by Crippen LogP contribution is -2.24. The van der Waals surface area contributed by atoms with Gasteiger partial charge in [0.15, 0.2) is 0 Å². The van der Waals surface area contributed by atoms with E-state index >= 15 is 0 Å². The normalized spacial score (nSPS) is 11.9. The SMILES string of the molecule is CCOC(=O)C(c1ccc(O)cc1)C(c1ccc(O)cc1)c1ccc(O)cc1. The molecule has 0 saturated carbocycles. The summed E-state index contributed by atoms with van der Waals surface area (Å²) in [6, 6.07) is 19.8. The second kappa shape index (κ2) is 8.48. The van der Waals surface area contributed by atoms with Crippen molar-refractivity contribution >= 4 is 5.97 Å². The molecule has 3 rings (SSSR count). The van der Waals surface area contributed by atoms with Crippen molar-refractivity contribution in [3.63, 3.8) is 0 Å². The fourth-order valence-electron chi connectivity index (χ4n) is 3.32. The minimum atomic E-state index is -0.672. The monoisotopic (exact) mass is 378 g/mol. The summed E-state index contributed by atoms with van der Waals surface area (Å²) in [7, 11) is 0.